The highest BCUT2D eigenvalue weighted by molar-refractivity contribution is 7.92. The number of benzene rings is 2. The summed E-state index contributed by atoms with van der Waals surface area (Å²) in [5.41, 5.74) is 0.681. The van der Waals surface area contributed by atoms with E-state index in [9.17, 15) is 18.3 Å². The zero-order valence-electron chi connectivity index (χ0n) is 17.3. The maximum absolute atomic E-state index is 13.1. The van der Waals surface area contributed by atoms with Crippen LogP contribution in [0.15, 0.2) is 72.0 Å². The lowest BCUT2D eigenvalue weighted by molar-refractivity contribution is 0.0853. The SMILES string of the molecule is C[C@@H](NC(=O)c1ccc(Cl)cc1NS(=O)(=O)c1nccc2sncc12)[C@@H](O)c1ccccc1. The first-order valence-electron chi connectivity index (χ1n) is 9.82. The van der Waals surface area contributed by atoms with Gasteiger partial charge in [0, 0.05) is 11.2 Å². The highest BCUT2D eigenvalue weighted by atomic mass is 35.5. The van der Waals surface area contributed by atoms with E-state index in [2.05, 4.69) is 19.4 Å². The van der Waals surface area contributed by atoms with Crippen LogP contribution in [0.2, 0.25) is 5.02 Å². The Morgan fingerprint density at radius 1 is 1.15 bits per heavy atom. The molecule has 3 N–H and O–H groups in total. The molecule has 33 heavy (non-hydrogen) atoms. The van der Waals surface area contributed by atoms with E-state index in [-0.39, 0.29) is 21.3 Å². The zero-order valence-corrected chi connectivity index (χ0v) is 19.7. The van der Waals surface area contributed by atoms with Crippen LogP contribution >= 0.6 is 23.1 Å². The second-order valence-corrected chi connectivity index (χ2v) is 10.1. The minimum Gasteiger partial charge on any atom is -0.386 e. The molecule has 0 aliphatic carbocycles. The quantitative estimate of drug-likeness (QED) is 0.351. The summed E-state index contributed by atoms with van der Waals surface area (Å²) in [7, 11) is -4.15. The number of carbonyl (C=O) groups excluding carboxylic acids is 1. The lowest BCUT2D eigenvalue weighted by Gasteiger charge is -2.21. The van der Waals surface area contributed by atoms with Gasteiger partial charge in [-0.25, -0.2) is 4.98 Å². The molecule has 2 atom stereocenters. The fraction of sp³-hybridized carbons (Fsp3) is 0.136. The van der Waals surface area contributed by atoms with E-state index in [1.165, 1.54) is 30.6 Å². The predicted octanol–water partition coefficient (Wildman–Crippen LogP) is 4.00. The Balaban J connectivity index is 1.61. The van der Waals surface area contributed by atoms with Gasteiger partial charge in [0.1, 0.15) is 0 Å². The normalized spacial score (nSPS) is 13.4. The van der Waals surface area contributed by atoms with Gasteiger partial charge >= 0.3 is 0 Å². The van der Waals surface area contributed by atoms with Gasteiger partial charge in [0.15, 0.2) is 5.03 Å². The van der Waals surface area contributed by atoms with Crippen molar-refractivity contribution in [1.82, 2.24) is 14.7 Å². The number of amides is 1. The summed E-state index contributed by atoms with van der Waals surface area (Å²) in [5, 5.41) is 13.7. The number of nitrogens with zero attached hydrogens (tertiary/aromatic N) is 2. The Labute approximate surface area is 199 Å². The van der Waals surface area contributed by atoms with Crippen molar-refractivity contribution in [1.29, 1.82) is 0 Å². The van der Waals surface area contributed by atoms with Gasteiger partial charge < -0.3 is 10.4 Å². The molecule has 0 aliphatic heterocycles. The van der Waals surface area contributed by atoms with Crippen LogP contribution in [-0.4, -0.2) is 34.8 Å². The molecule has 0 aliphatic rings. The highest BCUT2D eigenvalue weighted by Gasteiger charge is 2.25. The molecule has 0 spiro atoms. The molecule has 2 aromatic heterocycles. The number of carbonyl (C=O) groups is 1. The van der Waals surface area contributed by atoms with Crippen LogP contribution in [-0.2, 0) is 10.0 Å². The zero-order chi connectivity index (χ0) is 23.6. The average Bonchev–Trinajstić information content (AvgIpc) is 3.27. The third kappa shape index (κ3) is 4.98. The summed E-state index contributed by atoms with van der Waals surface area (Å²) in [6, 6.07) is 14.2. The summed E-state index contributed by atoms with van der Waals surface area (Å²) in [6.07, 6.45) is 1.86. The van der Waals surface area contributed by atoms with Crippen molar-refractivity contribution in [2.75, 3.05) is 4.72 Å². The number of fused-ring (bicyclic) bond motifs is 1. The molecular weight excluding hydrogens is 484 g/mol. The average molecular weight is 503 g/mol. The number of aliphatic hydroxyl groups is 1. The standard InChI is InChI=1S/C22H19ClN4O4S2/c1-13(20(28)14-5-3-2-4-6-14)26-21(29)16-8-7-15(23)11-18(16)27-33(30,31)22-17-12-25-32-19(17)9-10-24-22/h2-13,20,27-28H,1H3,(H,26,29)/t13-,20-/m1/s1. The Hall–Kier alpha value is -3.05. The number of anilines is 1. The van der Waals surface area contributed by atoms with Gasteiger partial charge in [0.25, 0.3) is 15.9 Å². The van der Waals surface area contributed by atoms with Gasteiger partial charge in [-0.05, 0) is 48.3 Å². The van der Waals surface area contributed by atoms with Crippen LogP contribution in [0.5, 0.6) is 0 Å². The lowest BCUT2D eigenvalue weighted by Crippen LogP contribution is -2.37. The van der Waals surface area contributed by atoms with Gasteiger partial charge in [-0.1, -0.05) is 41.9 Å². The van der Waals surface area contributed by atoms with Crippen LogP contribution in [0.4, 0.5) is 5.69 Å². The molecule has 4 rings (SSSR count). The van der Waals surface area contributed by atoms with Crippen LogP contribution in [0, 0.1) is 0 Å². The molecule has 1 amide bonds. The van der Waals surface area contributed by atoms with Crippen molar-refractivity contribution in [3.05, 3.63) is 83.1 Å². The van der Waals surface area contributed by atoms with Crippen molar-refractivity contribution >= 4 is 54.8 Å². The number of sulfonamides is 1. The Morgan fingerprint density at radius 2 is 1.91 bits per heavy atom. The highest BCUT2D eigenvalue weighted by Crippen LogP contribution is 2.28. The maximum atomic E-state index is 13.1. The molecule has 0 saturated heterocycles. The van der Waals surface area contributed by atoms with Gasteiger partial charge in [-0.15, -0.1) is 0 Å². The van der Waals surface area contributed by atoms with E-state index < -0.39 is 28.1 Å². The summed E-state index contributed by atoms with van der Waals surface area (Å²) in [6.45, 7) is 1.66. The molecule has 0 radical (unpaired) electrons. The van der Waals surface area contributed by atoms with Crippen molar-refractivity contribution < 1.29 is 18.3 Å². The molecule has 0 fully saturated rings. The topological polar surface area (TPSA) is 121 Å². The first-order valence-corrected chi connectivity index (χ1v) is 12.5. The number of nitrogens with one attached hydrogen (secondary N) is 2. The number of hydrogen-bond donors (Lipinski definition) is 3. The third-order valence-electron chi connectivity index (χ3n) is 4.94. The first kappa shape index (κ1) is 23.1. The van der Waals surface area contributed by atoms with Crippen molar-refractivity contribution in [2.24, 2.45) is 0 Å². The largest absolute Gasteiger partial charge is 0.386 e. The summed E-state index contributed by atoms with van der Waals surface area (Å²) in [4.78, 5) is 17.0. The number of pyridine rings is 1. The molecule has 11 heteroatoms. The Kier molecular flexibility index (Phi) is 6.61. The maximum Gasteiger partial charge on any atom is 0.280 e. The van der Waals surface area contributed by atoms with Gasteiger partial charge in [-0.2, -0.15) is 12.8 Å². The van der Waals surface area contributed by atoms with Crippen LogP contribution < -0.4 is 10.0 Å². The summed E-state index contributed by atoms with van der Waals surface area (Å²) in [5.74, 6) is -0.574. The molecule has 2 aromatic carbocycles. The first-order chi connectivity index (χ1) is 15.8. The van der Waals surface area contributed by atoms with E-state index in [4.69, 9.17) is 11.6 Å². The summed E-state index contributed by atoms with van der Waals surface area (Å²) >= 11 is 7.23. The van der Waals surface area contributed by atoms with Gasteiger partial charge in [0.2, 0.25) is 0 Å². The van der Waals surface area contributed by atoms with Crippen LogP contribution in [0.25, 0.3) is 10.1 Å². The van der Waals surface area contributed by atoms with Crippen LogP contribution in [0.1, 0.15) is 28.9 Å². The van der Waals surface area contributed by atoms with E-state index in [1.54, 1.807) is 37.3 Å². The van der Waals surface area contributed by atoms with Gasteiger partial charge in [-0.3, -0.25) is 9.52 Å². The number of hydrogen-bond acceptors (Lipinski definition) is 7. The monoisotopic (exact) mass is 502 g/mol. The van der Waals surface area contributed by atoms with E-state index in [0.29, 0.717) is 15.6 Å². The molecule has 0 unspecified atom stereocenters. The van der Waals surface area contributed by atoms with Crippen LogP contribution in [0.3, 0.4) is 0 Å². The minimum atomic E-state index is -4.15. The number of halogens is 1. The van der Waals surface area contributed by atoms with Crippen molar-refractivity contribution in [2.45, 2.75) is 24.1 Å². The van der Waals surface area contributed by atoms with E-state index >= 15 is 0 Å². The Morgan fingerprint density at radius 3 is 2.67 bits per heavy atom. The fourth-order valence-corrected chi connectivity index (χ4v) is 5.36. The van der Waals surface area contributed by atoms with Crippen molar-refractivity contribution in [3.8, 4) is 0 Å². The Bertz CT molecular complexity index is 1410. The van der Waals surface area contributed by atoms with E-state index in [1.807, 2.05) is 6.07 Å². The lowest BCUT2D eigenvalue weighted by atomic mass is 10.0. The fourth-order valence-electron chi connectivity index (χ4n) is 3.28. The molecule has 4 aromatic rings. The van der Waals surface area contributed by atoms with Gasteiger partial charge in [0.05, 0.1) is 39.7 Å². The summed E-state index contributed by atoms with van der Waals surface area (Å²) < 4.78 is 33.3. The molecule has 8 nitrogen and oxygen atoms in total. The molecule has 0 bridgehead atoms. The second-order valence-electron chi connectivity index (χ2n) is 7.27. The minimum absolute atomic E-state index is 0.0107. The molecule has 2 heterocycles. The van der Waals surface area contributed by atoms with E-state index in [0.717, 1.165) is 11.5 Å². The number of aromatic nitrogens is 2. The smallest absolute Gasteiger partial charge is 0.280 e. The predicted molar refractivity (Wildman–Crippen MR) is 128 cm³/mol. The van der Waals surface area contributed by atoms with Crippen molar-refractivity contribution in [3.63, 3.8) is 0 Å². The third-order valence-corrected chi connectivity index (χ3v) is 7.27. The number of aliphatic hydroxyl groups excluding tert-OH is 1. The number of rotatable bonds is 7. The molecular formula is C22H19ClN4O4S2. The molecule has 0 saturated carbocycles. The second kappa shape index (κ2) is 9.44. The molecule has 170 valence electrons.